The molecule has 1 heterocycles. The third-order valence-electron chi connectivity index (χ3n) is 2.77. The van der Waals surface area contributed by atoms with Crippen LogP contribution < -0.4 is 9.05 Å². The Balaban J connectivity index is 1.81. The summed E-state index contributed by atoms with van der Waals surface area (Å²) in [6, 6.07) is 15.1. The molecule has 0 aliphatic carbocycles. The van der Waals surface area contributed by atoms with Crippen LogP contribution in [0.3, 0.4) is 0 Å². The van der Waals surface area contributed by atoms with Gasteiger partial charge in [-0.15, -0.1) is 0 Å². The molecule has 6 heteroatoms. The molecule has 0 saturated carbocycles. The van der Waals surface area contributed by atoms with Crippen LogP contribution in [0.15, 0.2) is 73.1 Å². The molecular weight excluding hydrogens is 307 g/mol. The lowest BCUT2D eigenvalue weighted by atomic mass is 10.3. The lowest BCUT2D eigenvalue weighted by Crippen LogP contribution is -2.03. The molecule has 3 rings (SSSR count). The van der Waals surface area contributed by atoms with Crippen LogP contribution in [-0.4, -0.2) is 4.34 Å². The molecule has 0 N–H and O–H groups in total. The average Bonchev–Trinajstić information content (AvgIpc) is 3.05. The molecule has 0 saturated heterocycles. The van der Waals surface area contributed by atoms with E-state index in [2.05, 4.69) is 0 Å². The summed E-state index contributed by atoms with van der Waals surface area (Å²) in [6.07, 6.45) is 3.61. The Morgan fingerprint density at radius 1 is 0.682 bits per heavy atom. The van der Waals surface area contributed by atoms with Gasteiger partial charge >= 0.3 is 8.53 Å². The van der Waals surface area contributed by atoms with Gasteiger partial charge in [0, 0.05) is 12.4 Å². The van der Waals surface area contributed by atoms with Crippen LogP contribution in [0.4, 0.5) is 8.78 Å². The van der Waals surface area contributed by atoms with Crippen LogP contribution in [0.1, 0.15) is 0 Å². The summed E-state index contributed by atoms with van der Waals surface area (Å²) in [5.41, 5.74) is 0. The first-order chi connectivity index (χ1) is 10.7. The van der Waals surface area contributed by atoms with Crippen molar-refractivity contribution in [2.45, 2.75) is 0 Å². The largest absolute Gasteiger partial charge is 0.423 e. The van der Waals surface area contributed by atoms with E-state index in [1.165, 1.54) is 48.5 Å². The van der Waals surface area contributed by atoms with Gasteiger partial charge in [-0.05, 0) is 60.7 Å². The Morgan fingerprint density at radius 2 is 1.09 bits per heavy atom. The average molecular weight is 319 g/mol. The van der Waals surface area contributed by atoms with E-state index in [4.69, 9.17) is 9.05 Å². The first-order valence-electron chi connectivity index (χ1n) is 6.51. The minimum Gasteiger partial charge on any atom is -0.423 e. The monoisotopic (exact) mass is 319 g/mol. The van der Waals surface area contributed by atoms with E-state index in [0.717, 1.165) is 0 Å². The van der Waals surface area contributed by atoms with Crippen molar-refractivity contribution >= 4 is 8.53 Å². The first kappa shape index (κ1) is 14.5. The summed E-state index contributed by atoms with van der Waals surface area (Å²) in [5.74, 6) is 0.306. The van der Waals surface area contributed by atoms with Crippen molar-refractivity contribution in [3.8, 4) is 11.5 Å². The topological polar surface area (TPSA) is 23.4 Å². The lowest BCUT2D eigenvalue weighted by molar-refractivity contribution is 0.476. The highest BCUT2D eigenvalue weighted by Gasteiger charge is 2.17. The molecule has 3 nitrogen and oxygen atoms in total. The molecule has 112 valence electrons. The van der Waals surface area contributed by atoms with Gasteiger partial charge in [-0.3, -0.25) is 4.34 Å². The van der Waals surface area contributed by atoms with Crippen LogP contribution in [-0.2, 0) is 0 Å². The number of aromatic nitrogens is 1. The molecule has 22 heavy (non-hydrogen) atoms. The van der Waals surface area contributed by atoms with Crippen LogP contribution in [0.2, 0.25) is 0 Å². The Hall–Kier alpha value is -2.39. The quantitative estimate of drug-likeness (QED) is 0.618. The zero-order valence-corrected chi connectivity index (χ0v) is 12.3. The summed E-state index contributed by atoms with van der Waals surface area (Å²) in [5, 5.41) is 0. The first-order valence-corrected chi connectivity index (χ1v) is 7.64. The zero-order chi connectivity index (χ0) is 15.4. The molecule has 0 aliphatic heterocycles. The van der Waals surface area contributed by atoms with Crippen LogP contribution >= 0.6 is 8.53 Å². The summed E-state index contributed by atoms with van der Waals surface area (Å²) in [4.78, 5) is 0. The van der Waals surface area contributed by atoms with Gasteiger partial charge in [0.05, 0.1) is 0 Å². The number of halogens is 2. The fourth-order valence-corrected chi connectivity index (χ4v) is 2.92. The molecule has 1 aromatic heterocycles. The zero-order valence-electron chi connectivity index (χ0n) is 11.4. The third kappa shape index (κ3) is 3.62. The fourth-order valence-electron chi connectivity index (χ4n) is 1.72. The molecule has 2 aromatic carbocycles. The smallest absolute Gasteiger partial charge is 0.421 e. The molecular formula is C16H12F2NO2P. The number of nitrogens with zero attached hydrogens (tertiary/aromatic N) is 1. The molecule has 0 fully saturated rings. The van der Waals surface area contributed by atoms with Crippen LogP contribution in [0.25, 0.3) is 0 Å². The van der Waals surface area contributed by atoms with E-state index in [-0.39, 0.29) is 11.6 Å². The molecule has 0 atom stereocenters. The predicted octanol–water partition coefficient (Wildman–Crippen LogP) is 5.00. The molecule has 0 spiro atoms. The minimum absolute atomic E-state index is 0.336. The summed E-state index contributed by atoms with van der Waals surface area (Å²) in [7, 11) is -1.52. The van der Waals surface area contributed by atoms with E-state index in [0.29, 0.717) is 11.5 Å². The second kappa shape index (κ2) is 6.58. The van der Waals surface area contributed by atoms with Gasteiger partial charge in [0.25, 0.3) is 0 Å². The fraction of sp³-hybridized carbons (Fsp3) is 0. The van der Waals surface area contributed by atoms with E-state index >= 15 is 0 Å². The Morgan fingerprint density at radius 3 is 1.50 bits per heavy atom. The van der Waals surface area contributed by atoms with Gasteiger partial charge in [0.2, 0.25) is 0 Å². The molecule has 0 unspecified atom stereocenters. The Kier molecular flexibility index (Phi) is 4.35. The van der Waals surface area contributed by atoms with Crippen molar-refractivity contribution < 1.29 is 17.8 Å². The SMILES string of the molecule is Fc1ccc(OP(Oc2ccc(F)cc2)n2cccc2)cc1. The highest BCUT2D eigenvalue weighted by Crippen LogP contribution is 2.41. The van der Waals surface area contributed by atoms with Crippen molar-refractivity contribution in [1.29, 1.82) is 0 Å². The van der Waals surface area contributed by atoms with Crippen LogP contribution in [0, 0.1) is 11.6 Å². The van der Waals surface area contributed by atoms with Crippen molar-refractivity contribution in [1.82, 2.24) is 4.34 Å². The third-order valence-corrected chi connectivity index (χ3v) is 4.15. The number of hydrogen-bond donors (Lipinski definition) is 0. The lowest BCUT2D eigenvalue weighted by Gasteiger charge is -2.18. The second-order valence-corrected chi connectivity index (χ2v) is 5.69. The molecule has 3 aromatic rings. The van der Waals surface area contributed by atoms with E-state index in [1.54, 1.807) is 16.7 Å². The normalized spacial score (nSPS) is 10.7. The predicted molar refractivity (Wildman–Crippen MR) is 80.8 cm³/mol. The number of rotatable bonds is 5. The van der Waals surface area contributed by atoms with Crippen LogP contribution in [0.5, 0.6) is 11.5 Å². The Labute approximate surface area is 127 Å². The maximum absolute atomic E-state index is 13.0. The van der Waals surface area contributed by atoms with E-state index in [9.17, 15) is 8.78 Å². The van der Waals surface area contributed by atoms with Crippen molar-refractivity contribution in [2.75, 3.05) is 0 Å². The van der Waals surface area contributed by atoms with Gasteiger partial charge in [-0.2, -0.15) is 0 Å². The van der Waals surface area contributed by atoms with Gasteiger partial charge in [0.15, 0.2) is 0 Å². The minimum atomic E-state index is -1.52. The van der Waals surface area contributed by atoms with Gasteiger partial charge < -0.3 is 9.05 Å². The summed E-state index contributed by atoms with van der Waals surface area (Å²) in [6.45, 7) is 0. The van der Waals surface area contributed by atoms with E-state index < -0.39 is 8.53 Å². The molecule has 0 bridgehead atoms. The number of benzene rings is 2. The summed E-state index contributed by atoms with van der Waals surface area (Å²) >= 11 is 0. The van der Waals surface area contributed by atoms with Crippen molar-refractivity contribution in [3.05, 3.63) is 84.7 Å². The second-order valence-electron chi connectivity index (χ2n) is 4.39. The summed E-state index contributed by atoms with van der Waals surface area (Å²) < 4.78 is 39.3. The van der Waals surface area contributed by atoms with Crippen molar-refractivity contribution in [3.63, 3.8) is 0 Å². The standard InChI is InChI=1S/C16H12F2NO2P/c17-13-3-7-15(8-4-13)20-22(19-11-1-2-12-19)21-16-9-5-14(18)6-10-16/h1-12H. The highest BCUT2D eigenvalue weighted by atomic mass is 31.2. The molecule has 0 aliphatic rings. The molecule has 0 radical (unpaired) electrons. The van der Waals surface area contributed by atoms with Gasteiger partial charge in [-0.1, -0.05) is 0 Å². The van der Waals surface area contributed by atoms with E-state index in [1.807, 2.05) is 12.1 Å². The number of hydrogen-bond acceptors (Lipinski definition) is 2. The van der Waals surface area contributed by atoms with Gasteiger partial charge in [0.1, 0.15) is 23.1 Å². The van der Waals surface area contributed by atoms with Gasteiger partial charge in [-0.25, -0.2) is 8.78 Å². The maximum Gasteiger partial charge on any atom is 0.421 e. The maximum atomic E-state index is 13.0. The van der Waals surface area contributed by atoms with Crippen molar-refractivity contribution in [2.24, 2.45) is 0 Å². The Bertz CT molecular complexity index is 667. The highest BCUT2D eigenvalue weighted by molar-refractivity contribution is 7.46. The molecule has 0 amide bonds.